The van der Waals surface area contributed by atoms with Crippen LogP contribution < -0.4 is 11.0 Å². The van der Waals surface area contributed by atoms with Crippen LogP contribution in [-0.2, 0) is 0 Å². The zero-order valence-corrected chi connectivity index (χ0v) is 11.0. The van der Waals surface area contributed by atoms with Gasteiger partial charge in [-0.05, 0) is 31.2 Å². The Balaban J connectivity index is 2.19. The normalized spacial score (nSPS) is 13.0. The van der Waals surface area contributed by atoms with Gasteiger partial charge in [-0.25, -0.2) is 4.79 Å². The van der Waals surface area contributed by atoms with E-state index in [9.17, 15) is 4.79 Å². The first kappa shape index (κ1) is 12.9. The summed E-state index contributed by atoms with van der Waals surface area (Å²) in [6.07, 6.45) is 4.86. The van der Waals surface area contributed by atoms with E-state index in [1.807, 2.05) is 13.1 Å². The molecule has 1 aromatic heterocycles. The molecule has 0 amide bonds. The van der Waals surface area contributed by atoms with Crippen molar-refractivity contribution in [2.45, 2.75) is 38.6 Å². The van der Waals surface area contributed by atoms with Gasteiger partial charge in [-0.3, -0.25) is 0 Å². The van der Waals surface area contributed by atoms with Gasteiger partial charge < -0.3 is 15.3 Å². The number of aromatic amines is 2. The average Bonchev–Trinajstić information content (AvgIpc) is 2.74. The molecule has 2 aromatic rings. The number of unbranched alkanes of at least 4 members (excludes halogenated alkanes) is 2. The molecule has 98 valence electrons. The molecule has 4 nitrogen and oxygen atoms in total. The summed E-state index contributed by atoms with van der Waals surface area (Å²) >= 11 is 0. The minimum absolute atomic E-state index is 0.144. The van der Waals surface area contributed by atoms with Crippen molar-refractivity contribution in [1.29, 1.82) is 0 Å². The summed E-state index contributed by atoms with van der Waals surface area (Å²) in [5.74, 6) is 0. The van der Waals surface area contributed by atoms with E-state index in [2.05, 4.69) is 34.3 Å². The van der Waals surface area contributed by atoms with Crippen molar-refractivity contribution in [3.05, 3.63) is 34.2 Å². The number of H-pyrrole nitrogens is 2. The van der Waals surface area contributed by atoms with Gasteiger partial charge in [-0.15, -0.1) is 0 Å². The lowest BCUT2D eigenvalue weighted by atomic mass is 10.0. The van der Waals surface area contributed by atoms with Crippen molar-refractivity contribution in [3.63, 3.8) is 0 Å². The second-order valence-corrected chi connectivity index (χ2v) is 4.72. The van der Waals surface area contributed by atoms with Crippen molar-refractivity contribution in [1.82, 2.24) is 15.3 Å². The Morgan fingerprint density at radius 1 is 1.22 bits per heavy atom. The van der Waals surface area contributed by atoms with Gasteiger partial charge in [0.05, 0.1) is 11.0 Å². The summed E-state index contributed by atoms with van der Waals surface area (Å²) in [6, 6.07) is 6.46. The van der Waals surface area contributed by atoms with Crippen LogP contribution in [0, 0.1) is 0 Å². The molecule has 0 bridgehead atoms. The van der Waals surface area contributed by atoms with E-state index in [4.69, 9.17) is 0 Å². The number of rotatable bonds is 6. The first-order valence-electron chi connectivity index (χ1n) is 6.63. The topological polar surface area (TPSA) is 60.7 Å². The first-order chi connectivity index (χ1) is 8.74. The fourth-order valence-corrected chi connectivity index (χ4v) is 2.34. The summed E-state index contributed by atoms with van der Waals surface area (Å²) in [4.78, 5) is 16.8. The zero-order valence-electron chi connectivity index (χ0n) is 11.0. The van der Waals surface area contributed by atoms with Crippen LogP contribution in [0.15, 0.2) is 23.0 Å². The number of benzene rings is 1. The molecule has 0 saturated carbocycles. The van der Waals surface area contributed by atoms with Gasteiger partial charge in [-0.2, -0.15) is 0 Å². The molecule has 0 saturated heterocycles. The lowest BCUT2D eigenvalue weighted by Gasteiger charge is -2.16. The molecule has 2 rings (SSSR count). The van der Waals surface area contributed by atoms with Crippen LogP contribution in [-0.4, -0.2) is 17.0 Å². The molecule has 1 aromatic carbocycles. The molecular formula is C14H21N3O. The third kappa shape index (κ3) is 2.82. The Morgan fingerprint density at radius 3 is 2.72 bits per heavy atom. The molecule has 0 aliphatic rings. The Morgan fingerprint density at radius 2 is 2.00 bits per heavy atom. The number of hydrogen-bond donors (Lipinski definition) is 3. The molecular weight excluding hydrogens is 226 g/mol. The van der Waals surface area contributed by atoms with E-state index >= 15 is 0 Å². The first-order valence-corrected chi connectivity index (χ1v) is 6.63. The summed E-state index contributed by atoms with van der Waals surface area (Å²) in [5, 5.41) is 3.35. The van der Waals surface area contributed by atoms with Crippen LogP contribution in [0.1, 0.15) is 44.2 Å². The van der Waals surface area contributed by atoms with Crippen LogP contribution >= 0.6 is 0 Å². The molecule has 0 radical (unpaired) electrons. The second-order valence-electron chi connectivity index (χ2n) is 4.72. The Labute approximate surface area is 107 Å². The fourth-order valence-electron chi connectivity index (χ4n) is 2.34. The van der Waals surface area contributed by atoms with Crippen molar-refractivity contribution < 1.29 is 0 Å². The van der Waals surface area contributed by atoms with Gasteiger partial charge in [-0.1, -0.05) is 32.3 Å². The predicted molar refractivity (Wildman–Crippen MR) is 74.9 cm³/mol. The summed E-state index contributed by atoms with van der Waals surface area (Å²) in [6.45, 7) is 2.21. The number of fused-ring (bicyclic) bond motifs is 1. The Hall–Kier alpha value is -1.55. The lowest BCUT2D eigenvalue weighted by Crippen LogP contribution is -2.16. The smallest absolute Gasteiger partial charge is 0.313 e. The van der Waals surface area contributed by atoms with Crippen molar-refractivity contribution in [2.24, 2.45) is 0 Å². The number of aromatic nitrogens is 2. The largest absolute Gasteiger partial charge is 0.323 e. The van der Waals surface area contributed by atoms with Gasteiger partial charge >= 0.3 is 5.69 Å². The monoisotopic (exact) mass is 247 g/mol. The minimum Gasteiger partial charge on any atom is -0.313 e. The molecule has 18 heavy (non-hydrogen) atoms. The molecule has 0 fully saturated rings. The van der Waals surface area contributed by atoms with Crippen LogP contribution in [0.4, 0.5) is 0 Å². The average molecular weight is 247 g/mol. The molecule has 1 heterocycles. The highest BCUT2D eigenvalue weighted by Crippen LogP contribution is 2.22. The SMILES string of the molecule is CCCCCC(NC)c1ccc2[nH]c(=O)[nH]c2c1. The van der Waals surface area contributed by atoms with Crippen molar-refractivity contribution >= 4 is 11.0 Å². The quantitative estimate of drug-likeness (QED) is 0.687. The highest BCUT2D eigenvalue weighted by molar-refractivity contribution is 5.75. The molecule has 1 unspecified atom stereocenters. The number of hydrogen-bond acceptors (Lipinski definition) is 2. The predicted octanol–water partition coefficient (Wildman–Crippen LogP) is 2.70. The minimum atomic E-state index is -0.144. The van der Waals surface area contributed by atoms with Crippen molar-refractivity contribution in [2.75, 3.05) is 7.05 Å². The maximum absolute atomic E-state index is 11.2. The van der Waals surface area contributed by atoms with Crippen LogP contribution in [0.25, 0.3) is 11.0 Å². The van der Waals surface area contributed by atoms with Gasteiger partial charge in [0, 0.05) is 6.04 Å². The summed E-state index contributed by atoms with van der Waals surface area (Å²) in [7, 11) is 1.99. The molecule has 0 aliphatic carbocycles. The van der Waals surface area contributed by atoms with Gasteiger partial charge in [0.2, 0.25) is 0 Å². The van der Waals surface area contributed by atoms with E-state index in [1.165, 1.54) is 24.8 Å². The molecule has 4 heteroatoms. The second kappa shape index (κ2) is 5.87. The van der Waals surface area contributed by atoms with Gasteiger partial charge in [0.1, 0.15) is 0 Å². The van der Waals surface area contributed by atoms with Crippen LogP contribution in [0.2, 0.25) is 0 Å². The van der Waals surface area contributed by atoms with Crippen molar-refractivity contribution in [3.8, 4) is 0 Å². The third-order valence-corrected chi connectivity index (χ3v) is 3.39. The standard InChI is InChI=1S/C14H21N3O/c1-3-4-5-6-11(15-2)10-7-8-12-13(9-10)17-14(18)16-12/h7-9,11,15H,3-6H2,1-2H3,(H2,16,17,18). The summed E-state index contributed by atoms with van der Waals surface area (Å²) in [5.41, 5.74) is 2.84. The Kier molecular flexibility index (Phi) is 4.20. The highest BCUT2D eigenvalue weighted by atomic mass is 16.1. The maximum atomic E-state index is 11.2. The van der Waals surface area contributed by atoms with Crippen LogP contribution in [0.5, 0.6) is 0 Å². The van der Waals surface area contributed by atoms with E-state index in [0.717, 1.165) is 17.5 Å². The van der Waals surface area contributed by atoms with E-state index < -0.39 is 0 Å². The van der Waals surface area contributed by atoms with Gasteiger partial charge in [0.25, 0.3) is 0 Å². The zero-order chi connectivity index (χ0) is 13.0. The molecule has 0 aliphatic heterocycles. The number of imidazole rings is 1. The molecule has 0 spiro atoms. The molecule has 1 atom stereocenters. The summed E-state index contributed by atoms with van der Waals surface area (Å²) < 4.78 is 0. The van der Waals surface area contributed by atoms with Gasteiger partial charge in [0.15, 0.2) is 0 Å². The highest BCUT2D eigenvalue weighted by Gasteiger charge is 2.10. The molecule has 3 N–H and O–H groups in total. The van der Waals surface area contributed by atoms with E-state index in [1.54, 1.807) is 0 Å². The van der Waals surface area contributed by atoms with Crippen LogP contribution in [0.3, 0.4) is 0 Å². The third-order valence-electron chi connectivity index (χ3n) is 3.39. The maximum Gasteiger partial charge on any atom is 0.323 e. The number of nitrogens with one attached hydrogen (secondary N) is 3. The fraction of sp³-hybridized carbons (Fsp3) is 0.500. The van der Waals surface area contributed by atoms with E-state index in [0.29, 0.717) is 6.04 Å². The lowest BCUT2D eigenvalue weighted by molar-refractivity contribution is 0.512. The Bertz CT molecular complexity index is 555. The van der Waals surface area contributed by atoms with E-state index in [-0.39, 0.29) is 5.69 Å².